The van der Waals surface area contributed by atoms with E-state index in [1.165, 1.54) is 12.1 Å². The first kappa shape index (κ1) is 18.9. The summed E-state index contributed by atoms with van der Waals surface area (Å²) >= 11 is 1.65. The molecule has 0 fully saturated rings. The Hall–Kier alpha value is -2.86. The fourth-order valence-electron chi connectivity index (χ4n) is 2.92. The molecule has 4 nitrogen and oxygen atoms in total. The van der Waals surface area contributed by atoms with E-state index in [1.807, 2.05) is 36.6 Å². The molecule has 0 saturated carbocycles. The van der Waals surface area contributed by atoms with Crippen molar-refractivity contribution in [1.82, 2.24) is 0 Å². The fraction of sp³-hybridized carbons (Fsp3) is 0.143. The molecule has 0 aliphatic heterocycles. The third kappa shape index (κ3) is 4.11. The number of carboxylic acid groups (broad SMARTS) is 1. The van der Waals surface area contributed by atoms with Gasteiger partial charge in [-0.2, -0.15) is 0 Å². The number of carbonyl (C=O) groups excluding carboxylic acids is 1. The number of halogens is 1. The van der Waals surface area contributed by atoms with Gasteiger partial charge in [-0.05, 0) is 60.2 Å². The predicted molar refractivity (Wildman–Crippen MR) is 103 cm³/mol. The van der Waals surface area contributed by atoms with E-state index in [4.69, 9.17) is 9.84 Å². The number of carboxylic acids is 1. The number of benzene rings is 2. The number of ether oxygens (including phenoxy) is 1. The van der Waals surface area contributed by atoms with Crippen LogP contribution >= 0.6 is 11.8 Å². The summed E-state index contributed by atoms with van der Waals surface area (Å²) in [6.07, 6.45) is 3.19. The summed E-state index contributed by atoms with van der Waals surface area (Å²) in [6, 6.07) is 12.2. The molecule has 1 N–H and O–H groups in total. The molecule has 0 spiro atoms. The lowest BCUT2D eigenvalue weighted by Gasteiger charge is -2.06. The highest BCUT2D eigenvalue weighted by molar-refractivity contribution is 7.98. The van der Waals surface area contributed by atoms with Gasteiger partial charge in [0.2, 0.25) is 0 Å². The molecule has 27 heavy (non-hydrogen) atoms. The van der Waals surface area contributed by atoms with Crippen molar-refractivity contribution >= 4 is 41.1 Å². The molecule has 1 aliphatic carbocycles. The van der Waals surface area contributed by atoms with Crippen LogP contribution in [0, 0.1) is 5.82 Å². The van der Waals surface area contributed by atoms with Crippen LogP contribution in [0.2, 0.25) is 0 Å². The van der Waals surface area contributed by atoms with Crippen LogP contribution in [0.1, 0.15) is 30.0 Å². The number of hydrogen-bond acceptors (Lipinski definition) is 4. The largest absolute Gasteiger partial charge is 0.481 e. The van der Waals surface area contributed by atoms with E-state index in [-0.39, 0.29) is 5.76 Å². The van der Waals surface area contributed by atoms with E-state index < -0.39 is 24.2 Å². The standard InChI is InChI=1S/C21H17FO4S/c1-12-17(9-13-3-6-15(27-2)7-4-13)16-8-5-14(22)10-18(16)21(12)26-20(25)11-19(23)24/h3-10H,11H2,1-2H3,(H,23,24)/b17-9+. The minimum absolute atomic E-state index is 0.197. The minimum atomic E-state index is -1.28. The predicted octanol–water partition coefficient (Wildman–Crippen LogP) is 4.85. The van der Waals surface area contributed by atoms with Crippen LogP contribution in [0.4, 0.5) is 4.39 Å². The maximum Gasteiger partial charge on any atom is 0.322 e. The average molecular weight is 384 g/mol. The van der Waals surface area contributed by atoms with Gasteiger partial charge in [0.1, 0.15) is 18.0 Å². The molecule has 0 atom stereocenters. The van der Waals surface area contributed by atoms with Crippen LogP contribution in [0.5, 0.6) is 0 Å². The first-order chi connectivity index (χ1) is 12.9. The number of thioether (sulfide) groups is 1. The van der Waals surface area contributed by atoms with Crippen LogP contribution in [0.15, 0.2) is 52.9 Å². The van der Waals surface area contributed by atoms with Gasteiger partial charge in [0.15, 0.2) is 0 Å². The van der Waals surface area contributed by atoms with Gasteiger partial charge < -0.3 is 9.84 Å². The summed E-state index contributed by atoms with van der Waals surface area (Å²) in [7, 11) is 0. The Balaban J connectivity index is 2.04. The lowest BCUT2D eigenvalue weighted by Crippen LogP contribution is -2.10. The normalized spacial score (nSPS) is 14.4. The van der Waals surface area contributed by atoms with Crippen molar-refractivity contribution in [3.63, 3.8) is 0 Å². The monoisotopic (exact) mass is 384 g/mol. The van der Waals surface area contributed by atoms with E-state index in [0.29, 0.717) is 11.1 Å². The number of carbonyl (C=O) groups is 2. The Morgan fingerprint density at radius 3 is 2.48 bits per heavy atom. The van der Waals surface area contributed by atoms with Gasteiger partial charge in [-0.15, -0.1) is 11.8 Å². The van der Waals surface area contributed by atoms with Gasteiger partial charge in [-0.25, -0.2) is 4.39 Å². The van der Waals surface area contributed by atoms with Crippen LogP contribution in [0.25, 0.3) is 17.4 Å². The summed E-state index contributed by atoms with van der Waals surface area (Å²) in [5, 5.41) is 8.76. The molecule has 1 aliphatic rings. The SMILES string of the molecule is CSc1ccc(/C=C2\C(C)=C(OC(=O)CC(=O)O)c3cc(F)ccc32)cc1. The highest BCUT2D eigenvalue weighted by atomic mass is 32.2. The Morgan fingerprint density at radius 2 is 1.85 bits per heavy atom. The third-order valence-corrected chi connectivity index (χ3v) is 4.94. The molecule has 0 unspecified atom stereocenters. The number of hydrogen-bond donors (Lipinski definition) is 1. The molecule has 0 radical (unpaired) electrons. The number of rotatable bonds is 5. The van der Waals surface area contributed by atoms with Crippen molar-refractivity contribution in [2.75, 3.05) is 6.26 Å². The van der Waals surface area contributed by atoms with Crippen molar-refractivity contribution in [2.45, 2.75) is 18.2 Å². The van der Waals surface area contributed by atoms with Crippen LogP contribution < -0.4 is 0 Å². The molecule has 2 aromatic rings. The molecular weight excluding hydrogens is 367 g/mol. The van der Waals surface area contributed by atoms with Crippen molar-refractivity contribution < 1.29 is 23.8 Å². The Kier molecular flexibility index (Phi) is 5.46. The molecule has 2 aromatic carbocycles. The number of allylic oxidation sites excluding steroid dienone is 2. The summed E-state index contributed by atoms with van der Waals surface area (Å²) in [5.41, 5.74) is 3.60. The molecule has 0 saturated heterocycles. The Bertz CT molecular complexity index is 974. The van der Waals surface area contributed by atoms with Gasteiger partial charge in [0.25, 0.3) is 0 Å². The molecule has 138 valence electrons. The summed E-state index contributed by atoms with van der Waals surface area (Å²) in [4.78, 5) is 23.7. The van der Waals surface area contributed by atoms with E-state index in [0.717, 1.165) is 21.6 Å². The molecular formula is C21H17FO4S. The molecule has 0 bridgehead atoms. The maximum absolute atomic E-state index is 13.8. The zero-order valence-electron chi connectivity index (χ0n) is 14.8. The van der Waals surface area contributed by atoms with Crippen LogP contribution in [0.3, 0.4) is 0 Å². The first-order valence-electron chi connectivity index (χ1n) is 8.19. The maximum atomic E-state index is 13.8. The molecule has 0 aromatic heterocycles. The topological polar surface area (TPSA) is 63.6 Å². The van der Waals surface area contributed by atoms with Crippen molar-refractivity contribution in [2.24, 2.45) is 0 Å². The van der Waals surface area contributed by atoms with Crippen LogP contribution in [-0.2, 0) is 14.3 Å². The lowest BCUT2D eigenvalue weighted by molar-refractivity contribution is -0.146. The smallest absolute Gasteiger partial charge is 0.322 e. The van der Waals surface area contributed by atoms with E-state index >= 15 is 0 Å². The zero-order valence-corrected chi connectivity index (χ0v) is 15.6. The second kappa shape index (κ2) is 7.80. The second-order valence-corrected chi connectivity index (χ2v) is 6.90. The zero-order chi connectivity index (χ0) is 19.6. The Labute approximate surface area is 160 Å². The van der Waals surface area contributed by atoms with E-state index in [2.05, 4.69) is 0 Å². The number of esters is 1. The fourth-order valence-corrected chi connectivity index (χ4v) is 3.33. The van der Waals surface area contributed by atoms with Crippen molar-refractivity contribution in [3.8, 4) is 0 Å². The molecule has 3 rings (SSSR count). The van der Waals surface area contributed by atoms with Crippen molar-refractivity contribution in [3.05, 3.63) is 70.5 Å². The summed E-state index contributed by atoms with van der Waals surface area (Å²) in [5.74, 6) is -2.43. The van der Waals surface area contributed by atoms with E-state index in [1.54, 1.807) is 24.8 Å². The molecule has 0 heterocycles. The number of aliphatic carboxylic acids is 1. The summed E-state index contributed by atoms with van der Waals surface area (Å²) in [6.45, 7) is 1.77. The molecule has 0 amide bonds. The van der Waals surface area contributed by atoms with Crippen LogP contribution in [-0.4, -0.2) is 23.3 Å². The molecule has 6 heteroatoms. The van der Waals surface area contributed by atoms with Gasteiger partial charge in [0.05, 0.1) is 0 Å². The van der Waals surface area contributed by atoms with Gasteiger partial charge in [-0.1, -0.05) is 18.2 Å². The second-order valence-electron chi connectivity index (χ2n) is 6.02. The van der Waals surface area contributed by atoms with Gasteiger partial charge in [-0.3, -0.25) is 9.59 Å². The third-order valence-electron chi connectivity index (χ3n) is 4.20. The summed E-state index contributed by atoms with van der Waals surface area (Å²) < 4.78 is 19.0. The first-order valence-corrected chi connectivity index (χ1v) is 9.41. The van der Waals surface area contributed by atoms with E-state index in [9.17, 15) is 14.0 Å². The number of fused-ring (bicyclic) bond motifs is 1. The highest BCUT2D eigenvalue weighted by Crippen LogP contribution is 2.43. The minimum Gasteiger partial charge on any atom is -0.481 e. The quantitative estimate of drug-likeness (QED) is 0.454. The Morgan fingerprint density at radius 1 is 1.15 bits per heavy atom. The van der Waals surface area contributed by atoms with Gasteiger partial charge >= 0.3 is 11.9 Å². The van der Waals surface area contributed by atoms with Crippen molar-refractivity contribution in [1.29, 1.82) is 0 Å². The van der Waals surface area contributed by atoms with Gasteiger partial charge in [0, 0.05) is 16.0 Å². The average Bonchev–Trinajstić information content (AvgIpc) is 2.87. The highest BCUT2D eigenvalue weighted by Gasteiger charge is 2.28. The lowest BCUT2D eigenvalue weighted by atomic mass is 10.0.